The third-order valence-corrected chi connectivity index (χ3v) is 4.14. The van der Waals surface area contributed by atoms with Gasteiger partial charge in [0.05, 0.1) is 11.6 Å². The number of nitrogens with zero attached hydrogens (tertiary/aromatic N) is 2. The number of aliphatic carboxylic acids is 2. The summed E-state index contributed by atoms with van der Waals surface area (Å²) in [5, 5.41) is 17.0. The van der Waals surface area contributed by atoms with Crippen LogP contribution in [-0.4, -0.2) is 46.4 Å². The number of hydrogen-bond acceptors (Lipinski definition) is 5. The number of carbonyl (C=O) groups is 2. The zero-order chi connectivity index (χ0) is 17.1. The molecule has 2 N–H and O–H groups in total. The van der Waals surface area contributed by atoms with Crippen molar-refractivity contribution in [1.82, 2.24) is 4.98 Å². The summed E-state index contributed by atoms with van der Waals surface area (Å²) in [5.41, 5.74) is -0.655. The van der Waals surface area contributed by atoms with Gasteiger partial charge in [-0.1, -0.05) is 22.9 Å². The van der Waals surface area contributed by atoms with Gasteiger partial charge >= 0.3 is 18.1 Å². The minimum Gasteiger partial charge on any atom is -0.481 e. The normalized spacial score (nSPS) is 21.2. The number of carboxylic acid groups (broad SMARTS) is 2. The van der Waals surface area contributed by atoms with E-state index in [1.54, 1.807) is 13.1 Å². The van der Waals surface area contributed by atoms with Crippen molar-refractivity contribution in [3.63, 3.8) is 0 Å². The maximum Gasteiger partial charge on any atom is 0.490 e. The molecule has 1 aliphatic rings. The van der Waals surface area contributed by atoms with Gasteiger partial charge in [-0.25, -0.2) is 9.78 Å². The third kappa shape index (κ3) is 4.73. The highest BCUT2D eigenvalue weighted by Gasteiger charge is 2.41. The highest BCUT2D eigenvalue weighted by molar-refractivity contribution is 7.19. The molecule has 1 aromatic rings. The summed E-state index contributed by atoms with van der Waals surface area (Å²) in [6, 6.07) is 0. The molecule has 0 radical (unpaired) electrons. The lowest BCUT2D eigenvalue weighted by Crippen LogP contribution is -2.31. The van der Waals surface area contributed by atoms with Gasteiger partial charge in [0.2, 0.25) is 0 Å². The van der Waals surface area contributed by atoms with Gasteiger partial charge in [-0.3, -0.25) is 4.79 Å². The minimum atomic E-state index is -5.08. The van der Waals surface area contributed by atoms with Crippen LogP contribution in [0.25, 0.3) is 0 Å². The lowest BCUT2D eigenvalue weighted by molar-refractivity contribution is -0.192. The predicted octanol–water partition coefficient (Wildman–Crippen LogP) is 2.73. The summed E-state index contributed by atoms with van der Waals surface area (Å²) in [7, 11) is 0. The fraction of sp³-hybridized carbons (Fsp3) is 0.545. The number of aromatic nitrogens is 1. The number of halogens is 4. The number of rotatable bonds is 2. The van der Waals surface area contributed by atoms with Crippen LogP contribution in [0, 0.1) is 5.41 Å². The molecule has 2 heterocycles. The predicted molar refractivity (Wildman–Crippen MR) is 73.4 cm³/mol. The first-order valence-electron chi connectivity index (χ1n) is 5.85. The first kappa shape index (κ1) is 18.5. The number of hydrogen-bond donors (Lipinski definition) is 2. The molecule has 0 amide bonds. The fourth-order valence-corrected chi connectivity index (χ4v) is 2.62. The molecule has 0 aromatic carbocycles. The van der Waals surface area contributed by atoms with Crippen molar-refractivity contribution in [2.45, 2.75) is 19.5 Å². The van der Waals surface area contributed by atoms with E-state index in [9.17, 15) is 18.0 Å². The molecule has 1 aromatic heterocycles. The molecule has 11 heteroatoms. The number of anilines is 1. The van der Waals surface area contributed by atoms with E-state index in [1.165, 1.54) is 11.3 Å². The van der Waals surface area contributed by atoms with Crippen LogP contribution in [0.4, 0.5) is 18.3 Å². The lowest BCUT2D eigenvalue weighted by atomic mass is 9.90. The van der Waals surface area contributed by atoms with Gasteiger partial charge in [0, 0.05) is 13.1 Å². The Hall–Kier alpha value is -1.55. The largest absolute Gasteiger partial charge is 0.490 e. The maximum atomic E-state index is 11.0. The molecular formula is C11H12ClF3N2O4S. The molecule has 1 aliphatic heterocycles. The number of carboxylic acids is 2. The Morgan fingerprint density at radius 2 is 2.00 bits per heavy atom. The SMILES string of the molecule is CC1(C(=O)O)CCN(c2ncc(Cl)s2)C1.O=C(O)C(F)(F)F. The van der Waals surface area contributed by atoms with Gasteiger partial charge in [-0.15, -0.1) is 0 Å². The molecule has 1 fully saturated rings. The average Bonchev–Trinajstić information content (AvgIpc) is 2.96. The van der Waals surface area contributed by atoms with Gasteiger partial charge in [-0.2, -0.15) is 13.2 Å². The first-order chi connectivity index (χ1) is 9.95. The second-order valence-corrected chi connectivity index (χ2v) is 6.43. The van der Waals surface area contributed by atoms with Crippen molar-refractivity contribution in [3.05, 3.63) is 10.5 Å². The smallest absolute Gasteiger partial charge is 0.481 e. The molecule has 2 rings (SSSR count). The van der Waals surface area contributed by atoms with Crippen LogP contribution in [-0.2, 0) is 9.59 Å². The Labute approximate surface area is 132 Å². The van der Waals surface area contributed by atoms with Crippen LogP contribution in [0.5, 0.6) is 0 Å². The van der Waals surface area contributed by atoms with E-state index in [0.717, 1.165) is 11.7 Å². The molecule has 124 valence electrons. The average molecular weight is 361 g/mol. The molecule has 22 heavy (non-hydrogen) atoms. The summed E-state index contributed by atoms with van der Waals surface area (Å²) < 4.78 is 32.4. The van der Waals surface area contributed by atoms with Crippen molar-refractivity contribution < 1.29 is 33.0 Å². The van der Waals surface area contributed by atoms with Crippen molar-refractivity contribution in [1.29, 1.82) is 0 Å². The molecule has 1 saturated heterocycles. The van der Waals surface area contributed by atoms with Crippen LogP contribution in [0.3, 0.4) is 0 Å². The molecule has 6 nitrogen and oxygen atoms in total. The Morgan fingerprint density at radius 3 is 2.32 bits per heavy atom. The van der Waals surface area contributed by atoms with E-state index in [4.69, 9.17) is 26.6 Å². The van der Waals surface area contributed by atoms with Gasteiger partial charge in [0.15, 0.2) is 5.13 Å². The molecule has 0 spiro atoms. The van der Waals surface area contributed by atoms with Crippen molar-refractivity contribution in [2.24, 2.45) is 5.41 Å². The zero-order valence-corrected chi connectivity index (χ0v) is 12.8. The van der Waals surface area contributed by atoms with Gasteiger partial charge in [0.1, 0.15) is 4.34 Å². The Bertz CT molecular complexity index is 566. The maximum absolute atomic E-state index is 11.0. The molecule has 1 unspecified atom stereocenters. The van der Waals surface area contributed by atoms with Crippen LogP contribution in [0.15, 0.2) is 6.20 Å². The second-order valence-electron chi connectivity index (χ2n) is 4.79. The number of alkyl halides is 3. The molecule has 1 atom stereocenters. The Balaban J connectivity index is 0.000000295. The lowest BCUT2D eigenvalue weighted by Gasteiger charge is -2.19. The zero-order valence-electron chi connectivity index (χ0n) is 11.2. The fourth-order valence-electron chi connectivity index (χ4n) is 1.69. The van der Waals surface area contributed by atoms with Gasteiger partial charge in [0.25, 0.3) is 0 Å². The van der Waals surface area contributed by atoms with E-state index in [2.05, 4.69) is 4.98 Å². The standard InChI is InChI=1S/C9H11ClN2O2S.C2HF3O2/c1-9(7(13)14)2-3-12(5-9)8-11-4-6(10)15-8;3-2(4,5)1(6)7/h4H,2-3,5H2,1H3,(H,13,14);(H,6,7). The second kappa shape index (κ2) is 6.69. The summed E-state index contributed by atoms with van der Waals surface area (Å²) in [4.78, 5) is 26.1. The van der Waals surface area contributed by atoms with E-state index < -0.39 is 23.5 Å². The van der Waals surface area contributed by atoms with Crippen LogP contribution in [0.2, 0.25) is 4.34 Å². The van der Waals surface area contributed by atoms with Crippen molar-refractivity contribution >= 4 is 40.0 Å². The van der Waals surface area contributed by atoms with E-state index >= 15 is 0 Å². The third-order valence-electron chi connectivity index (χ3n) is 2.97. The van der Waals surface area contributed by atoms with E-state index in [-0.39, 0.29) is 0 Å². The highest BCUT2D eigenvalue weighted by Crippen LogP contribution is 2.36. The van der Waals surface area contributed by atoms with Crippen LogP contribution >= 0.6 is 22.9 Å². The monoisotopic (exact) mass is 360 g/mol. The quantitative estimate of drug-likeness (QED) is 0.842. The van der Waals surface area contributed by atoms with Crippen molar-refractivity contribution in [2.75, 3.05) is 18.0 Å². The Morgan fingerprint density at radius 1 is 1.45 bits per heavy atom. The number of thiazole rings is 1. The summed E-state index contributed by atoms with van der Waals surface area (Å²) >= 11 is 7.17. The molecule has 0 aliphatic carbocycles. The molecular weight excluding hydrogens is 349 g/mol. The van der Waals surface area contributed by atoms with E-state index in [0.29, 0.717) is 17.3 Å². The topological polar surface area (TPSA) is 90.7 Å². The highest BCUT2D eigenvalue weighted by atomic mass is 35.5. The van der Waals surface area contributed by atoms with Crippen LogP contribution in [0.1, 0.15) is 13.3 Å². The van der Waals surface area contributed by atoms with Gasteiger partial charge < -0.3 is 15.1 Å². The summed E-state index contributed by atoms with van der Waals surface area (Å²) in [6.45, 7) is 3.00. The summed E-state index contributed by atoms with van der Waals surface area (Å²) in [6.07, 6.45) is -2.84. The van der Waals surface area contributed by atoms with Crippen LogP contribution < -0.4 is 4.90 Å². The van der Waals surface area contributed by atoms with E-state index in [1.807, 2.05) is 4.90 Å². The summed E-state index contributed by atoms with van der Waals surface area (Å²) in [5.74, 6) is -3.50. The van der Waals surface area contributed by atoms with Crippen molar-refractivity contribution in [3.8, 4) is 0 Å². The first-order valence-corrected chi connectivity index (χ1v) is 7.05. The molecule has 0 saturated carbocycles. The molecule has 0 bridgehead atoms. The van der Waals surface area contributed by atoms with Gasteiger partial charge in [-0.05, 0) is 13.3 Å². The minimum absolute atomic E-state index is 0.506. The Kier molecular flexibility index (Phi) is 5.63.